The van der Waals surface area contributed by atoms with Gasteiger partial charge in [0, 0.05) is 6.07 Å². The van der Waals surface area contributed by atoms with Crippen LogP contribution in [0.4, 0.5) is 22.0 Å². The Morgan fingerprint density at radius 2 is 1.94 bits per heavy atom. The first kappa shape index (κ1) is 13.2. The molecule has 0 aliphatic rings. The predicted octanol–water partition coefficient (Wildman–Crippen LogP) is 2.82. The van der Waals surface area contributed by atoms with Gasteiger partial charge in [-0.05, 0) is 22.6 Å². The molecule has 3 nitrogen and oxygen atoms in total. The summed E-state index contributed by atoms with van der Waals surface area (Å²) in [5.74, 6) is -1.04. The number of aromatic nitrogens is 1. The highest BCUT2D eigenvalue weighted by molar-refractivity contribution is 14.1. The molecule has 0 saturated heterocycles. The van der Waals surface area contributed by atoms with Crippen molar-refractivity contribution in [2.24, 2.45) is 0 Å². The van der Waals surface area contributed by atoms with Crippen LogP contribution in [0.3, 0.4) is 0 Å². The Morgan fingerprint density at radius 3 is 2.31 bits per heavy atom. The van der Waals surface area contributed by atoms with E-state index in [1.165, 1.54) is 22.6 Å². The first-order chi connectivity index (χ1) is 7.20. The number of hydrogen-bond acceptors (Lipinski definition) is 2. The van der Waals surface area contributed by atoms with Crippen molar-refractivity contribution in [3.05, 3.63) is 25.7 Å². The molecule has 0 bridgehead atoms. The summed E-state index contributed by atoms with van der Waals surface area (Å²) in [6.07, 6.45) is -8.01. The Labute approximate surface area is 98.7 Å². The molecular weight excluding hydrogens is 352 g/mol. The molecule has 0 fully saturated rings. The van der Waals surface area contributed by atoms with Crippen LogP contribution in [-0.2, 0) is 0 Å². The molecule has 0 aliphatic carbocycles. The fraction of sp³-hybridized carbons (Fsp3) is 0.286. The van der Waals surface area contributed by atoms with Gasteiger partial charge in [0.25, 0.3) is 6.43 Å². The molecule has 0 spiro atoms. The van der Waals surface area contributed by atoms with Gasteiger partial charge < -0.3 is 9.72 Å². The Bertz CT molecular complexity index is 441. The summed E-state index contributed by atoms with van der Waals surface area (Å²) in [5.41, 5.74) is -2.01. The Morgan fingerprint density at radius 1 is 1.38 bits per heavy atom. The highest BCUT2D eigenvalue weighted by atomic mass is 127. The number of H-pyrrole nitrogens is 1. The van der Waals surface area contributed by atoms with E-state index in [2.05, 4.69) is 4.74 Å². The summed E-state index contributed by atoms with van der Waals surface area (Å²) in [6.45, 7) is 0. The lowest BCUT2D eigenvalue weighted by molar-refractivity contribution is -0.275. The van der Waals surface area contributed by atoms with E-state index in [-0.39, 0.29) is 0 Å². The highest BCUT2D eigenvalue weighted by Crippen LogP contribution is 2.25. The van der Waals surface area contributed by atoms with Crippen LogP contribution in [0, 0.1) is 3.70 Å². The zero-order valence-corrected chi connectivity index (χ0v) is 9.40. The molecular formula is C7H3F5INO2. The van der Waals surface area contributed by atoms with Gasteiger partial charge in [0.2, 0.25) is 11.2 Å². The number of pyridine rings is 1. The Hall–Kier alpha value is -0.870. The van der Waals surface area contributed by atoms with Crippen molar-refractivity contribution in [2.45, 2.75) is 12.8 Å². The van der Waals surface area contributed by atoms with Crippen molar-refractivity contribution in [1.29, 1.82) is 0 Å². The van der Waals surface area contributed by atoms with Gasteiger partial charge in [-0.2, -0.15) is 0 Å². The SMILES string of the molecule is O=c1cc(C(F)F)[nH]c(I)c1OC(F)(F)F. The summed E-state index contributed by atoms with van der Waals surface area (Å²) in [5, 5.41) is 0. The summed E-state index contributed by atoms with van der Waals surface area (Å²) in [7, 11) is 0. The van der Waals surface area contributed by atoms with Gasteiger partial charge in [0.15, 0.2) is 0 Å². The second-order valence-corrected chi connectivity index (χ2v) is 3.66. The fourth-order valence-electron chi connectivity index (χ4n) is 0.863. The van der Waals surface area contributed by atoms with Crippen LogP contribution in [0.5, 0.6) is 5.75 Å². The number of nitrogens with one attached hydrogen (secondary N) is 1. The third kappa shape index (κ3) is 3.32. The smallest absolute Gasteiger partial charge is 0.399 e. The number of rotatable bonds is 2. The number of aromatic amines is 1. The number of ether oxygens (including phenoxy) is 1. The minimum atomic E-state index is -5.04. The van der Waals surface area contributed by atoms with Crippen LogP contribution in [0.25, 0.3) is 0 Å². The van der Waals surface area contributed by atoms with Crippen LogP contribution in [-0.4, -0.2) is 11.3 Å². The third-order valence-electron chi connectivity index (χ3n) is 1.42. The van der Waals surface area contributed by atoms with Gasteiger partial charge >= 0.3 is 6.36 Å². The molecule has 0 unspecified atom stereocenters. The average molecular weight is 355 g/mol. The van der Waals surface area contributed by atoms with Gasteiger partial charge in [-0.3, -0.25) is 4.79 Å². The third-order valence-corrected chi connectivity index (χ3v) is 2.18. The zero-order valence-electron chi connectivity index (χ0n) is 7.24. The van der Waals surface area contributed by atoms with Crippen molar-refractivity contribution in [2.75, 3.05) is 0 Å². The topological polar surface area (TPSA) is 42.1 Å². The molecule has 0 atom stereocenters. The van der Waals surface area contributed by atoms with Gasteiger partial charge in [-0.1, -0.05) is 0 Å². The van der Waals surface area contributed by atoms with E-state index in [1.54, 1.807) is 0 Å². The monoisotopic (exact) mass is 355 g/mol. The van der Waals surface area contributed by atoms with Gasteiger partial charge in [-0.25, -0.2) is 8.78 Å². The molecule has 16 heavy (non-hydrogen) atoms. The van der Waals surface area contributed by atoms with Crippen LogP contribution >= 0.6 is 22.6 Å². The Balaban J connectivity index is 3.19. The summed E-state index contributed by atoms with van der Waals surface area (Å²) in [6, 6.07) is 0.369. The lowest BCUT2D eigenvalue weighted by Crippen LogP contribution is -2.23. The lowest BCUT2D eigenvalue weighted by Gasteiger charge is -2.10. The van der Waals surface area contributed by atoms with Crippen molar-refractivity contribution in [3.63, 3.8) is 0 Å². The molecule has 1 N–H and O–H groups in total. The molecule has 1 aromatic heterocycles. The average Bonchev–Trinajstić information content (AvgIpc) is 2.09. The van der Waals surface area contributed by atoms with Crippen LogP contribution in [0.1, 0.15) is 12.1 Å². The molecule has 0 saturated carbocycles. The normalized spacial score (nSPS) is 11.9. The van der Waals surface area contributed by atoms with Crippen LogP contribution in [0.2, 0.25) is 0 Å². The largest absolute Gasteiger partial charge is 0.573 e. The second kappa shape index (κ2) is 4.55. The quantitative estimate of drug-likeness (QED) is 0.504. The van der Waals surface area contributed by atoms with E-state index in [4.69, 9.17) is 0 Å². The van der Waals surface area contributed by atoms with Crippen molar-refractivity contribution >= 4 is 22.6 Å². The first-order valence-electron chi connectivity index (χ1n) is 3.67. The van der Waals surface area contributed by atoms with Gasteiger partial charge in [0.05, 0.1) is 5.69 Å². The van der Waals surface area contributed by atoms with Crippen LogP contribution in [0.15, 0.2) is 10.9 Å². The molecule has 1 heterocycles. The van der Waals surface area contributed by atoms with E-state index in [9.17, 15) is 26.7 Å². The summed E-state index contributed by atoms with van der Waals surface area (Å²) in [4.78, 5) is 13.0. The molecule has 0 aromatic carbocycles. The number of alkyl halides is 5. The van der Waals surface area contributed by atoms with E-state index in [0.717, 1.165) is 0 Å². The molecule has 9 heteroatoms. The second-order valence-electron chi connectivity index (χ2n) is 2.58. The fourth-order valence-corrected chi connectivity index (χ4v) is 1.55. The van der Waals surface area contributed by atoms with E-state index < -0.39 is 33.4 Å². The minimum Gasteiger partial charge on any atom is -0.399 e. The maximum Gasteiger partial charge on any atom is 0.573 e. The lowest BCUT2D eigenvalue weighted by atomic mass is 10.3. The Kier molecular flexibility index (Phi) is 3.76. The van der Waals surface area contributed by atoms with E-state index in [1.807, 2.05) is 4.98 Å². The van der Waals surface area contributed by atoms with Crippen molar-refractivity contribution in [1.82, 2.24) is 4.98 Å². The number of halogens is 6. The maximum absolute atomic E-state index is 12.2. The predicted molar refractivity (Wildman–Crippen MR) is 51.4 cm³/mol. The molecule has 90 valence electrons. The molecule has 1 aromatic rings. The van der Waals surface area contributed by atoms with Crippen LogP contribution < -0.4 is 10.2 Å². The first-order valence-corrected chi connectivity index (χ1v) is 4.75. The van der Waals surface area contributed by atoms with E-state index >= 15 is 0 Å². The van der Waals surface area contributed by atoms with Crippen molar-refractivity contribution < 1.29 is 26.7 Å². The summed E-state index contributed by atoms with van der Waals surface area (Å²) < 4.78 is 62.8. The van der Waals surface area contributed by atoms with Gasteiger partial charge in [0.1, 0.15) is 3.70 Å². The summed E-state index contributed by atoms with van der Waals surface area (Å²) >= 11 is 1.27. The van der Waals surface area contributed by atoms with Gasteiger partial charge in [-0.15, -0.1) is 13.2 Å². The maximum atomic E-state index is 12.2. The number of hydrogen-bond donors (Lipinski definition) is 1. The molecule has 0 radical (unpaired) electrons. The van der Waals surface area contributed by atoms with Crippen molar-refractivity contribution in [3.8, 4) is 5.75 Å². The molecule has 0 amide bonds. The minimum absolute atomic E-state index is 0.369. The standard InChI is InChI=1S/C7H3F5INO2/c8-5(9)2-1-3(15)4(6(13)14-2)16-7(10,11)12/h1,5H,(H,14,15). The highest BCUT2D eigenvalue weighted by Gasteiger charge is 2.33. The molecule has 1 rings (SSSR count). The zero-order chi connectivity index (χ0) is 12.5. The van der Waals surface area contributed by atoms with E-state index in [0.29, 0.717) is 6.07 Å². The molecule has 0 aliphatic heterocycles.